The molecule has 0 amide bonds. The second kappa shape index (κ2) is 16.1. The Balaban J connectivity index is 0.00000108. The van der Waals surface area contributed by atoms with Gasteiger partial charge in [-0.3, -0.25) is 0 Å². The third kappa shape index (κ3) is 9.26. The van der Waals surface area contributed by atoms with Crippen LogP contribution >= 0.6 is 0 Å². The van der Waals surface area contributed by atoms with E-state index in [2.05, 4.69) is 15.5 Å². The molecule has 1 aromatic heterocycles. The van der Waals surface area contributed by atoms with Crippen LogP contribution in [0.25, 0.3) is 10.9 Å². The van der Waals surface area contributed by atoms with Crippen LogP contribution in [0.3, 0.4) is 0 Å². The van der Waals surface area contributed by atoms with Gasteiger partial charge >= 0.3 is 5.97 Å². The molecular weight excluding hydrogens is 522 g/mol. The Morgan fingerprint density at radius 2 is 1.63 bits per heavy atom. The molecular formula is C31H35N5O5. The van der Waals surface area contributed by atoms with Crippen molar-refractivity contribution in [3.8, 4) is 17.2 Å². The molecule has 0 aliphatic carbocycles. The minimum Gasteiger partial charge on any atom is -0.489 e. The quantitative estimate of drug-likeness (QED) is 0.0621. The number of pyridine rings is 1. The van der Waals surface area contributed by atoms with Crippen molar-refractivity contribution in [2.24, 2.45) is 16.8 Å². The highest BCUT2D eigenvalue weighted by Gasteiger charge is 2.13. The monoisotopic (exact) mass is 557 g/mol. The molecule has 10 heteroatoms. The molecule has 0 fully saturated rings. The minimum atomic E-state index is -0.493. The number of ether oxygens (including phenoxy) is 4. The van der Waals surface area contributed by atoms with Crippen LogP contribution in [0.4, 0.5) is 0 Å². The lowest BCUT2D eigenvalue weighted by molar-refractivity contribution is 0.0600. The largest absolute Gasteiger partial charge is 0.489 e. The van der Waals surface area contributed by atoms with Crippen LogP contribution < -0.4 is 31.3 Å². The molecule has 1 heterocycles. The lowest BCUT2D eigenvalue weighted by atomic mass is 10.1. The van der Waals surface area contributed by atoms with Gasteiger partial charge in [-0.1, -0.05) is 48.6 Å². The maximum atomic E-state index is 12.0. The van der Waals surface area contributed by atoms with Gasteiger partial charge in [-0.15, -0.1) is 0 Å². The molecule has 0 radical (unpaired) electrons. The number of methoxy groups -OCH3 is 1. The molecule has 0 bridgehead atoms. The SMILES string of the molecule is C/C=C/C.COC(=O)c1ccc(COc2cccc(OCc3ccc4ccccc4n3)c2)c(OC/C(=N/N)NN)c1. The van der Waals surface area contributed by atoms with E-state index in [0.717, 1.165) is 16.6 Å². The van der Waals surface area contributed by atoms with Crippen LogP contribution in [0.15, 0.2) is 96.1 Å². The molecule has 0 aliphatic rings. The van der Waals surface area contributed by atoms with Crippen molar-refractivity contribution in [3.63, 3.8) is 0 Å². The molecule has 0 unspecified atom stereocenters. The Morgan fingerprint density at radius 3 is 2.32 bits per heavy atom. The van der Waals surface area contributed by atoms with Gasteiger partial charge in [0.15, 0.2) is 5.84 Å². The molecule has 0 saturated heterocycles. The van der Waals surface area contributed by atoms with E-state index in [0.29, 0.717) is 35.0 Å². The number of allylic oxidation sites excluding steroid dienone is 2. The number of hydrazine groups is 1. The molecule has 0 spiro atoms. The fourth-order valence-corrected chi connectivity index (χ4v) is 3.48. The number of carbonyl (C=O) groups excluding carboxylic acids is 1. The van der Waals surface area contributed by atoms with E-state index in [9.17, 15) is 4.79 Å². The number of hydrogen-bond donors (Lipinski definition) is 3. The fraction of sp³-hybridized carbons (Fsp3) is 0.194. The van der Waals surface area contributed by atoms with E-state index in [-0.39, 0.29) is 19.0 Å². The predicted octanol–water partition coefficient (Wildman–Crippen LogP) is 4.88. The number of para-hydroxylation sites is 1. The lowest BCUT2D eigenvalue weighted by Gasteiger charge is -2.15. The maximum Gasteiger partial charge on any atom is 0.337 e. The number of rotatable bonds is 10. The van der Waals surface area contributed by atoms with Gasteiger partial charge in [0.2, 0.25) is 0 Å². The highest BCUT2D eigenvalue weighted by molar-refractivity contribution is 5.90. The van der Waals surface area contributed by atoms with Crippen molar-refractivity contribution in [2.75, 3.05) is 13.7 Å². The van der Waals surface area contributed by atoms with Gasteiger partial charge in [0.1, 0.15) is 37.1 Å². The first kappa shape index (κ1) is 30.5. The number of amidine groups is 1. The number of hydrogen-bond acceptors (Lipinski definition) is 9. The summed E-state index contributed by atoms with van der Waals surface area (Å²) in [5.74, 6) is 12.0. The van der Waals surface area contributed by atoms with Crippen LogP contribution in [0.2, 0.25) is 0 Å². The number of esters is 1. The average Bonchev–Trinajstić information content (AvgIpc) is 3.03. The highest BCUT2D eigenvalue weighted by Crippen LogP contribution is 2.26. The minimum absolute atomic E-state index is 0.0310. The molecule has 4 aromatic rings. The predicted molar refractivity (Wildman–Crippen MR) is 160 cm³/mol. The van der Waals surface area contributed by atoms with E-state index in [4.69, 9.17) is 30.6 Å². The normalized spacial score (nSPS) is 11.0. The van der Waals surface area contributed by atoms with Crippen LogP contribution in [-0.2, 0) is 18.0 Å². The lowest BCUT2D eigenvalue weighted by Crippen LogP contribution is -2.35. The molecule has 5 N–H and O–H groups in total. The summed E-state index contributed by atoms with van der Waals surface area (Å²) in [6.45, 7) is 4.45. The Hall–Kier alpha value is -5.09. The second-order valence-corrected chi connectivity index (χ2v) is 8.54. The topological polar surface area (TPSA) is 143 Å². The smallest absolute Gasteiger partial charge is 0.337 e. The van der Waals surface area contributed by atoms with Crippen LogP contribution in [0.1, 0.15) is 35.5 Å². The van der Waals surface area contributed by atoms with Crippen LogP contribution in [0, 0.1) is 0 Å². The van der Waals surface area contributed by atoms with Crippen molar-refractivity contribution in [1.29, 1.82) is 0 Å². The molecule has 4 rings (SSSR count). The number of fused-ring (bicyclic) bond motifs is 1. The van der Waals surface area contributed by atoms with Crippen molar-refractivity contribution in [2.45, 2.75) is 27.1 Å². The van der Waals surface area contributed by atoms with E-state index in [1.807, 2.05) is 80.6 Å². The molecule has 0 aliphatic heterocycles. The van der Waals surface area contributed by atoms with Gasteiger partial charge in [0.25, 0.3) is 0 Å². The van der Waals surface area contributed by atoms with Crippen molar-refractivity contribution >= 4 is 22.7 Å². The third-order valence-electron chi connectivity index (χ3n) is 5.75. The Kier molecular flexibility index (Phi) is 12.0. The number of nitrogens with zero attached hydrogens (tertiary/aromatic N) is 2. The zero-order chi connectivity index (χ0) is 29.5. The Bertz CT molecular complexity index is 1490. The van der Waals surface area contributed by atoms with Gasteiger partial charge < -0.3 is 30.2 Å². The third-order valence-corrected chi connectivity index (χ3v) is 5.75. The Morgan fingerprint density at radius 1 is 0.902 bits per heavy atom. The van der Waals surface area contributed by atoms with E-state index in [1.54, 1.807) is 24.3 Å². The summed E-state index contributed by atoms with van der Waals surface area (Å²) in [5.41, 5.74) is 5.10. The average molecular weight is 558 g/mol. The second-order valence-electron chi connectivity index (χ2n) is 8.54. The maximum absolute atomic E-state index is 12.0. The van der Waals surface area contributed by atoms with Gasteiger partial charge in [-0.25, -0.2) is 15.6 Å². The van der Waals surface area contributed by atoms with Gasteiger partial charge in [0.05, 0.1) is 23.9 Å². The molecule has 41 heavy (non-hydrogen) atoms. The Labute approximate surface area is 239 Å². The van der Waals surface area contributed by atoms with Crippen LogP contribution in [0.5, 0.6) is 17.2 Å². The van der Waals surface area contributed by atoms with Gasteiger partial charge in [-0.05, 0) is 50.2 Å². The number of hydrazone groups is 1. The summed E-state index contributed by atoms with van der Waals surface area (Å²) in [7, 11) is 1.31. The molecule has 0 saturated carbocycles. The summed E-state index contributed by atoms with van der Waals surface area (Å²) in [5, 5.41) is 4.58. The summed E-state index contributed by atoms with van der Waals surface area (Å²) in [6, 6.07) is 24.1. The first-order valence-corrected chi connectivity index (χ1v) is 12.9. The molecule has 0 atom stereocenters. The first-order chi connectivity index (χ1) is 20.0. The number of carbonyl (C=O) groups is 1. The first-order valence-electron chi connectivity index (χ1n) is 12.9. The molecule has 3 aromatic carbocycles. The van der Waals surface area contributed by atoms with Gasteiger partial charge in [-0.2, -0.15) is 5.10 Å². The number of nitrogens with one attached hydrogen (secondary N) is 1. The number of benzene rings is 3. The summed E-state index contributed by atoms with van der Waals surface area (Å²) in [6.07, 6.45) is 4.00. The van der Waals surface area contributed by atoms with Gasteiger partial charge in [0, 0.05) is 17.0 Å². The zero-order valence-electron chi connectivity index (χ0n) is 23.4. The number of nitrogens with two attached hydrogens (primary N) is 2. The van der Waals surface area contributed by atoms with Crippen molar-refractivity contribution in [1.82, 2.24) is 10.4 Å². The summed E-state index contributed by atoms with van der Waals surface area (Å²) in [4.78, 5) is 16.6. The van der Waals surface area contributed by atoms with Crippen molar-refractivity contribution < 1.29 is 23.7 Å². The molecule has 214 valence electrons. The standard InChI is InChI=1S/C27H27N5O5.C4H8/c1-34-27(33)19-9-10-20(25(13-19)37-17-26(31-28)32-29)15-35-22-6-4-7-23(14-22)36-16-21-12-11-18-5-2-3-8-24(18)30-21;1-3-4-2/h2-14H,15-17,28-29H2,1H3,(H,31,32);3-4H,1-2H3/b;4-3+. The highest BCUT2D eigenvalue weighted by atomic mass is 16.5. The molecule has 10 nitrogen and oxygen atoms in total. The van der Waals surface area contributed by atoms with Crippen molar-refractivity contribution in [3.05, 3.63) is 108 Å². The number of aromatic nitrogens is 1. The summed E-state index contributed by atoms with van der Waals surface area (Å²) < 4.78 is 22.5. The summed E-state index contributed by atoms with van der Waals surface area (Å²) >= 11 is 0. The van der Waals surface area contributed by atoms with E-state index < -0.39 is 5.97 Å². The fourth-order valence-electron chi connectivity index (χ4n) is 3.48. The van der Waals surface area contributed by atoms with Crippen LogP contribution in [-0.4, -0.2) is 30.5 Å². The zero-order valence-corrected chi connectivity index (χ0v) is 23.4. The van der Waals surface area contributed by atoms with E-state index in [1.165, 1.54) is 7.11 Å². The van der Waals surface area contributed by atoms with E-state index >= 15 is 0 Å².